The summed E-state index contributed by atoms with van der Waals surface area (Å²) in [5, 5.41) is 22.8. The molecule has 0 atom stereocenters. The Bertz CT molecular complexity index is 482. The van der Waals surface area contributed by atoms with E-state index >= 15 is 0 Å². The molecule has 0 radical (unpaired) electrons. The van der Waals surface area contributed by atoms with E-state index in [1.54, 1.807) is 18.2 Å². The lowest BCUT2D eigenvalue weighted by molar-refractivity contribution is 0.462. The number of nitrogens with zero attached hydrogens (tertiary/aromatic N) is 2. The van der Waals surface area contributed by atoms with E-state index in [1.807, 2.05) is 6.07 Å². The summed E-state index contributed by atoms with van der Waals surface area (Å²) in [7, 11) is 0. The second-order valence-corrected chi connectivity index (χ2v) is 3.46. The van der Waals surface area contributed by atoms with Gasteiger partial charge in [0.25, 0.3) is 0 Å². The fraction of sp³-hybridized carbons (Fsp3) is 0.100. The molecule has 0 amide bonds. The fourth-order valence-electron chi connectivity index (χ4n) is 1.28. The summed E-state index contributed by atoms with van der Waals surface area (Å²) in [5.41, 5.74) is 0.697. The van der Waals surface area contributed by atoms with E-state index in [0.717, 1.165) is 0 Å². The third kappa shape index (κ3) is 1.89. The van der Waals surface area contributed by atoms with Crippen LogP contribution in [0.3, 0.4) is 0 Å². The van der Waals surface area contributed by atoms with Gasteiger partial charge in [0.2, 0.25) is 0 Å². The molecular weight excluding hydrogens is 216 g/mol. The van der Waals surface area contributed by atoms with Gasteiger partial charge in [0.15, 0.2) is 10.9 Å². The van der Waals surface area contributed by atoms with E-state index in [4.69, 9.17) is 11.6 Å². The minimum Gasteiger partial charge on any atom is -0.508 e. The first-order chi connectivity index (χ1) is 7.18. The van der Waals surface area contributed by atoms with Gasteiger partial charge < -0.3 is 10.2 Å². The average molecular weight is 225 g/mol. The van der Waals surface area contributed by atoms with Crippen LogP contribution in [0.5, 0.6) is 11.5 Å². The van der Waals surface area contributed by atoms with E-state index < -0.39 is 0 Å². The number of halogens is 1. The Morgan fingerprint density at radius 3 is 2.53 bits per heavy atom. The summed E-state index contributed by atoms with van der Waals surface area (Å²) in [6.07, 6.45) is 1.27. The van der Waals surface area contributed by atoms with E-state index in [2.05, 4.69) is 5.10 Å². The van der Waals surface area contributed by atoms with Gasteiger partial charge in [-0.25, -0.2) is 4.68 Å². The van der Waals surface area contributed by atoms with Gasteiger partial charge in [0, 0.05) is 5.56 Å². The second-order valence-electron chi connectivity index (χ2n) is 3.11. The summed E-state index contributed by atoms with van der Waals surface area (Å²) in [6, 6.07) is 6.91. The molecule has 78 valence electrons. The topological polar surface area (TPSA) is 58.3 Å². The molecule has 2 N–H and O–H groups in total. The monoisotopic (exact) mass is 224 g/mol. The normalized spacial score (nSPS) is 10.5. The molecule has 5 heteroatoms. The number of hydrogen-bond donors (Lipinski definition) is 2. The van der Waals surface area contributed by atoms with E-state index in [9.17, 15) is 10.2 Å². The van der Waals surface area contributed by atoms with Gasteiger partial charge >= 0.3 is 0 Å². The number of aromatic nitrogens is 2. The zero-order chi connectivity index (χ0) is 10.8. The predicted octanol–water partition coefficient (Wildman–Crippen LogP) is 2.00. The number of hydrogen-bond acceptors (Lipinski definition) is 3. The number of aromatic hydroxyl groups is 2. The number of rotatable bonds is 2. The van der Waals surface area contributed by atoms with Crippen molar-refractivity contribution in [3.63, 3.8) is 0 Å². The van der Waals surface area contributed by atoms with Gasteiger partial charge in [-0.1, -0.05) is 29.8 Å². The van der Waals surface area contributed by atoms with Crippen molar-refractivity contribution in [2.45, 2.75) is 6.54 Å². The van der Waals surface area contributed by atoms with Crippen LogP contribution < -0.4 is 0 Å². The third-order valence-corrected chi connectivity index (χ3v) is 2.46. The largest absolute Gasteiger partial charge is 0.508 e. The molecule has 2 rings (SSSR count). The van der Waals surface area contributed by atoms with Gasteiger partial charge in [0.05, 0.1) is 12.7 Å². The number of para-hydroxylation sites is 1. The number of benzene rings is 1. The Labute approximate surface area is 91.4 Å². The molecular formula is C10H9ClN2O2. The highest BCUT2D eigenvalue weighted by molar-refractivity contribution is 6.30. The third-order valence-electron chi connectivity index (χ3n) is 2.07. The maximum atomic E-state index is 9.52. The van der Waals surface area contributed by atoms with Crippen molar-refractivity contribution in [3.05, 3.63) is 41.2 Å². The summed E-state index contributed by atoms with van der Waals surface area (Å²) in [5.74, 6) is 0.121. The molecule has 0 aliphatic rings. The van der Waals surface area contributed by atoms with Crippen LogP contribution >= 0.6 is 11.6 Å². The van der Waals surface area contributed by atoms with Gasteiger partial charge in [0.1, 0.15) is 5.75 Å². The van der Waals surface area contributed by atoms with Crippen LogP contribution in [-0.2, 0) is 6.54 Å². The van der Waals surface area contributed by atoms with E-state index in [-0.39, 0.29) is 16.7 Å². The van der Waals surface area contributed by atoms with Crippen molar-refractivity contribution in [2.24, 2.45) is 0 Å². The molecule has 0 bridgehead atoms. The Morgan fingerprint density at radius 2 is 1.93 bits per heavy atom. The van der Waals surface area contributed by atoms with Gasteiger partial charge in [-0.2, -0.15) is 5.10 Å². The summed E-state index contributed by atoms with van der Waals surface area (Å²) in [4.78, 5) is 0. The maximum absolute atomic E-state index is 9.52. The molecule has 0 aliphatic heterocycles. The van der Waals surface area contributed by atoms with Crippen LogP contribution in [0.15, 0.2) is 30.5 Å². The average Bonchev–Trinajstić information content (AvgIpc) is 2.53. The first kappa shape index (κ1) is 9.86. The van der Waals surface area contributed by atoms with Crippen LogP contribution in [0.2, 0.25) is 5.15 Å². The summed E-state index contributed by atoms with van der Waals surface area (Å²) >= 11 is 5.78. The number of phenols is 1. The zero-order valence-electron chi connectivity index (χ0n) is 7.76. The van der Waals surface area contributed by atoms with Crippen molar-refractivity contribution < 1.29 is 10.2 Å². The molecule has 0 saturated heterocycles. The molecule has 0 aliphatic carbocycles. The van der Waals surface area contributed by atoms with Gasteiger partial charge in [-0.05, 0) is 6.07 Å². The lowest BCUT2D eigenvalue weighted by Crippen LogP contribution is -2.01. The highest BCUT2D eigenvalue weighted by Gasteiger charge is 2.08. The SMILES string of the molecule is Oc1ccccc1Cn1ncc(O)c1Cl. The van der Waals surface area contributed by atoms with Gasteiger partial charge in [-0.3, -0.25) is 0 Å². The molecule has 2 aromatic rings. The molecule has 1 aromatic carbocycles. The summed E-state index contributed by atoms with van der Waals surface area (Å²) in [6.45, 7) is 0.325. The lowest BCUT2D eigenvalue weighted by atomic mass is 10.2. The Morgan fingerprint density at radius 1 is 1.20 bits per heavy atom. The molecule has 0 fully saturated rings. The van der Waals surface area contributed by atoms with E-state index in [0.29, 0.717) is 12.1 Å². The summed E-state index contributed by atoms with van der Waals surface area (Å²) < 4.78 is 1.41. The highest BCUT2D eigenvalue weighted by Crippen LogP contribution is 2.24. The fourth-order valence-corrected chi connectivity index (χ4v) is 1.43. The maximum Gasteiger partial charge on any atom is 0.173 e. The lowest BCUT2D eigenvalue weighted by Gasteiger charge is -2.05. The highest BCUT2D eigenvalue weighted by atomic mass is 35.5. The van der Waals surface area contributed by atoms with Crippen molar-refractivity contribution in [2.75, 3.05) is 0 Å². The molecule has 1 heterocycles. The smallest absolute Gasteiger partial charge is 0.173 e. The minimum atomic E-state index is -0.0629. The Hall–Kier alpha value is -1.68. The van der Waals surface area contributed by atoms with Crippen LogP contribution in [-0.4, -0.2) is 20.0 Å². The first-order valence-corrected chi connectivity index (χ1v) is 4.73. The second kappa shape index (κ2) is 3.82. The Balaban J connectivity index is 2.30. The number of phenolic OH excluding ortho intramolecular Hbond substituents is 1. The molecule has 0 unspecified atom stereocenters. The van der Waals surface area contributed by atoms with Gasteiger partial charge in [-0.15, -0.1) is 0 Å². The van der Waals surface area contributed by atoms with Crippen molar-refractivity contribution in [3.8, 4) is 11.5 Å². The zero-order valence-corrected chi connectivity index (χ0v) is 8.52. The standard InChI is InChI=1S/C10H9ClN2O2/c11-10-9(15)5-12-13(10)6-7-3-1-2-4-8(7)14/h1-5,14-15H,6H2. The van der Waals surface area contributed by atoms with Crippen molar-refractivity contribution in [1.29, 1.82) is 0 Å². The minimum absolute atomic E-state index is 0.0629. The van der Waals surface area contributed by atoms with Crippen LogP contribution in [0.25, 0.3) is 0 Å². The molecule has 15 heavy (non-hydrogen) atoms. The molecule has 1 aromatic heterocycles. The van der Waals surface area contributed by atoms with Crippen LogP contribution in [0.1, 0.15) is 5.56 Å². The van der Waals surface area contributed by atoms with Crippen LogP contribution in [0.4, 0.5) is 0 Å². The van der Waals surface area contributed by atoms with Crippen molar-refractivity contribution >= 4 is 11.6 Å². The quantitative estimate of drug-likeness (QED) is 0.820. The Kier molecular flexibility index (Phi) is 2.51. The van der Waals surface area contributed by atoms with Crippen LogP contribution in [0, 0.1) is 0 Å². The molecule has 0 saturated carbocycles. The van der Waals surface area contributed by atoms with E-state index in [1.165, 1.54) is 10.9 Å². The molecule has 4 nitrogen and oxygen atoms in total. The van der Waals surface area contributed by atoms with Crippen molar-refractivity contribution in [1.82, 2.24) is 9.78 Å². The first-order valence-electron chi connectivity index (χ1n) is 4.35. The molecule has 0 spiro atoms. The predicted molar refractivity (Wildman–Crippen MR) is 56.1 cm³/mol.